The number of nitrogens with one attached hydrogen (secondary N) is 2. The van der Waals surface area contributed by atoms with Crippen LogP contribution in [0.4, 0.5) is 0 Å². The number of ether oxygens (including phenoxy) is 2. The van der Waals surface area contributed by atoms with Crippen LogP contribution >= 0.6 is 11.6 Å². The predicted octanol–water partition coefficient (Wildman–Crippen LogP) is 3.26. The van der Waals surface area contributed by atoms with Crippen molar-refractivity contribution in [2.45, 2.75) is 43.2 Å². The molecule has 2 N–H and O–H groups in total. The summed E-state index contributed by atoms with van der Waals surface area (Å²) < 4.78 is 38.4. The molecule has 162 valence electrons. The van der Waals surface area contributed by atoms with E-state index in [4.69, 9.17) is 21.1 Å². The second-order valence-electron chi connectivity index (χ2n) is 7.07. The van der Waals surface area contributed by atoms with Crippen molar-refractivity contribution in [1.29, 1.82) is 0 Å². The van der Waals surface area contributed by atoms with Gasteiger partial charge in [0.05, 0.1) is 17.0 Å². The van der Waals surface area contributed by atoms with E-state index in [1.54, 1.807) is 7.11 Å². The minimum absolute atomic E-state index is 0.0309. The van der Waals surface area contributed by atoms with E-state index in [2.05, 4.69) is 10.0 Å². The summed E-state index contributed by atoms with van der Waals surface area (Å²) in [5.74, 6) is 0.588. The Morgan fingerprint density at radius 1 is 1.13 bits per heavy atom. The van der Waals surface area contributed by atoms with Crippen molar-refractivity contribution in [3.8, 4) is 11.5 Å². The number of rotatable bonds is 9. The van der Waals surface area contributed by atoms with Gasteiger partial charge in [0.1, 0.15) is 11.5 Å². The summed E-state index contributed by atoms with van der Waals surface area (Å²) in [6.45, 7) is 0.0469. The maximum Gasteiger partial charge on any atom is 0.258 e. The first-order valence-electron chi connectivity index (χ1n) is 9.72. The normalized spacial score (nSPS) is 14.5. The smallest absolute Gasteiger partial charge is 0.258 e. The van der Waals surface area contributed by atoms with Crippen LogP contribution in [0.3, 0.4) is 0 Å². The first-order chi connectivity index (χ1) is 14.4. The molecule has 0 radical (unpaired) electrons. The maximum atomic E-state index is 12.5. The van der Waals surface area contributed by atoms with Crippen molar-refractivity contribution in [2.75, 3.05) is 13.7 Å². The predicted molar refractivity (Wildman–Crippen MR) is 114 cm³/mol. The second kappa shape index (κ2) is 10.1. The summed E-state index contributed by atoms with van der Waals surface area (Å²) in [5, 5.41) is 2.87. The van der Waals surface area contributed by atoms with Crippen molar-refractivity contribution >= 4 is 27.5 Å². The maximum absolute atomic E-state index is 12.5. The fourth-order valence-electron chi connectivity index (χ4n) is 3.33. The molecule has 0 spiro atoms. The van der Waals surface area contributed by atoms with Crippen LogP contribution in [-0.4, -0.2) is 34.1 Å². The first-order valence-corrected chi connectivity index (χ1v) is 11.6. The largest absolute Gasteiger partial charge is 0.496 e. The van der Waals surface area contributed by atoms with Gasteiger partial charge in [0.2, 0.25) is 10.0 Å². The van der Waals surface area contributed by atoms with Gasteiger partial charge in [-0.1, -0.05) is 42.6 Å². The number of carbonyl (C=O) groups is 1. The molecule has 1 fully saturated rings. The summed E-state index contributed by atoms with van der Waals surface area (Å²) in [5.41, 5.74) is 0.843. The molecule has 3 rings (SSSR count). The average Bonchev–Trinajstić information content (AvgIpc) is 3.23. The van der Waals surface area contributed by atoms with Crippen LogP contribution < -0.4 is 19.5 Å². The molecule has 1 aliphatic rings. The Morgan fingerprint density at radius 3 is 2.57 bits per heavy atom. The highest BCUT2D eigenvalue weighted by molar-refractivity contribution is 7.89. The van der Waals surface area contributed by atoms with E-state index in [1.807, 2.05) is 24.3 Å². The average molecular weight is 453 g/mol. The van der Waals surface area contributed by atoms with Gasteiger partial charge in [-0.2, -0.15) is 0 Å². The SMILES string of the molecule is COc1ccccc1CNC(=O)COc1ccc(S(=O)(=O)NC2CCCC2)cc1Cl. The minimum atomic E-state index is -3.64. The topological polar surface area (TPSA) is 93.7 Å². The van der Waals surface area contributed by atoms with Crippen LogP contribution in [0.25, 0.3) is 0 Å². The summed E-state index contributed by atoms with van der Waals surface area (Å²) in [6.07, 6.45) is 3.75. The Morgan fingerprint density at radius 2 is 1.87 bits per heavy atom. The van der Waals surface area contributed by atoms with Crippen LogP contribution in [0.1, 0.15) is 31.2 Å². The Kier molecular flexibility index (Phi) is 7.58. The van der Waals surface area contributed by atoms with Crippen LogP contribution in [-0.2, 0) is 21.4 Å². The van der Waals surface area contributed by atoms with Gasteiger partial charge in [-0.25, -0.2) is 13.1 Å². The summed E-state index contributed by atoms with van der Waals surface area (Å²) >= 11 is 6.18. The third kappa shape index (κ3) is 5.87. The fraction of sp³-hybridized carbons (Fsp3) is 0.381. The molecule has 30 heavy (non-hydrogen) atoms. The molecule has 0 saturated heterocycles. The van der Waals surface area contributed by atoms with Gasteiger partial charge >= 0.3 is 0 Å². The van der Waals surface area contributed by atoms with E-state index >= 15 is 0 Å². The lowest BCUT2D eigenvalue weighted by atomic mass is 10.2. The zero-order valence-corrected chi connectivity index (χ0v) is 18.3. The third-order valence-electron chi connectivity index (χ3n) is 4.92. The Hall–Kier alpha value is -2.29. The van der Waals surface area contributed by atoms with E-state index in [-0.39, 0.29) is 34.2 Å². The molecule has 0 unspecified atom stereocenters. The molecular weight excluding hydrogens is 428 g/mol. The number of para-hydroxylation sites is 1. The van der Waals surface area contributed by atoms with Gasteiger partial charge in [-0.05, 0) is 37.1 Å². The zero-order chi connectivity index (χ0) is 21.6. The number of sulfonamides is 1. The molecule has 0 bridgehead atoms. The van der Waals surface area contributed by atoms with Gasteiger partial charge in [0.25, 0.3) is 5.91 Å². The summed E-state index contributed by atoms with van der Waals surface area (Å²) in [4.78, 5) is 12.2. The van der Waals surface area contributed by atoms with Gasteiger partial charge in [0.15, 0.2) is 6.61 Å². The first kappa shape index (κ1) is 22.4. The number of carbonyl (C=O) groups excluding carboxylic acids is 1. The van der Waals surface area contributed by atoms with Crippen molar-refractivity contribution in [1.82, 2.24) is 10.0 Å². The second-order valence-corrected chi connectivity index (χ2v) is 9.19. The van der Waals surface area contributed by atoms with E-state index in [9.17, 15) is 13.2 Å². The molecule has 0 aromatic heterocycles. The highest BCUT2D eigenvalue weighted by atomic mass is 35.5. The Labute approximate surface area is 181 Å². The van der Waals surface area contributed by atoms with E-state index in [1.165, 1.54) is 18.2 Å². The number of benzene rings is 2. The molecule has 2 aromatic rings. The van der Waals surface area contributed by atoms with Gasteiger partial charge in [-0.3, -0.25) is 4.79 Å². The van der Waals surface area contributed by atoms with Crippen molar-refractivity contribution < 1.29 is 22.7 Å². The summed E-state index contributed by atoms with van der Waals surface area (Å²) in [7, 11) is -2.07. The molecule has 1 saturated carbocycles. The van der Waals surface area contributed by atoms with Crippen LogP contribution in [0.15, 0.2) is 47.4 Å². The van der Waals surface area contributed by atoms with Crippen LogP contribution in [0, 0.1) is 0 Å². The van der Waals surface area contributed by atoms with Gasteiger partial charge in [0, 0.05) is 18.2 Å². The van der Waals surface area contributed by atoms with Gasteiger partial charge < -0.3 is 14.8 Å². The number of hydrogen-bond acceptors (Lipinski definition) is 5. The lowest BCUT2D eigenvalue weighted by molar-refractivity contribution is -0.123. The number of hydrogen-bond donors (Lipinski definition) is 2. The van der Waals surface area contributed by atoms with E-state index in [0.29, 0.717) is 12.3 Å². The standard InChI is InChI=1S/C21H25ClN2O5S/c1-28-19-9-5-2-6-15(19)13-23-21(25)14-29-20-11-10-17(12-18(20)22)30(26,27)24-16-7-3-4-8-16/h2,5-6,9-12,16,24H,3-4,7-8,13-14H2,1H3,(H,23,25). The Balaban J connectivity index is 1.54. The highest BCUT2D eigenvalue weighted by Gasteiger charge is 2.23. The molecule has 0 atom stereocenters. The molecule has 0 aliphatic heterocycles. The molecule has 1 amide bonds. The molecule has 2 aromatic carbocycles. The zero-order valence-electron chi connectivity index (χ0n) is 16.7. The fourth-order valence-corrected chi connectivity index (χ4v) is 4.96. The van der Waals surface area contributed by atoms with Crippen LogP contribution in [0.2, 0.25) is 5.02 Å². The number of amides is 1. The molecular formula is C21H25ClN2O5S. The van der Waals surface area contributed by atoms with E-state index < -0.39 is 10.0 Å². The molecule has 1 aliphatic carbocycles. The lowest BCUT2D eigenvalue weighted by Gasteiger charge is -2.14. The molecule has 0 heterocycles. The van der Waals surface area contributed by atoms with Crippen LogP contribution in [0.5, 0.6) is 11.5 Å². The monoisotopic (exact) mass is 452 g/mol. The minimum Gasteiger partial charge on any atom is -0.496 e. The number of halogens is 1. The highest BCUT2D eigenvalue weighted by Crippen LogP contribution is 2.28. The molecule has 7 nitrogen and oxygen atoms in total. The number of methoxy groups -OCH3 is 1. The van der Waals surface area contributed by atoms with Crippen molar-refractivity contribution in [2.24, 2.45) is 0 Å². The Bertz CT molecular complexity index is 991. The van der Waals surface area contributed by atoms with Crippen molar-refractivity contribution in [3.63, 3.8) is 0 Å². The lowest BCUT2D eigenvalue weighted by Crippen LogP contribution is -2.32. The summed E-state index contributed by atoms with van der Waals surface area (Å²) in [6, 6.07) is 11.6. The molecule has 9 heteroatoms. The quantitative estimate of drug-likeness (QED) is 0.609. The van der Waals surface area contributed by atoms with E-state index in [0.717, 1.165) is 31.2 Å². The van der Waals surface area contributed by atoms with Gasteiger partial charge in [-0.15, -0.1) is 0 Å². The van der Waals surface area contributed by atoms with Crippen molar-refractivity contribution in [3.05, 3.63) is 53.1 Å². The third-order valence-corrected chi connectivity index (χ3v) is 6.73.